The Morgan fingerprint density at radius 3 is 2.42 bits per heavy atom. The van der Waals surface area contributed by atoms with Gasteiger partial charge >= 0.3 is 0 Å². The number of ether oxygens (including phenoxy) is 1. The summed E-state index contributed by atoms with van der Waals surface area (Å²) in [5.41, 5.74) is 1.68. The van der Waals surface area contributed by atoms with Gasteiger partial charge in [-0.2, -0.15) is 0 Å². The molecule has 2 amide bonds. The fourth-order valence-corrected chi connectivity index (χ4v) is 6.63. The van der Waals surface area contributed by atoms with Crippen LogP contribution in [0.4, 0.5) is 0 Å². The zero-order valence-electron chi connectivity index (χ0n) is 21.9. The number of aliphatic hydroxyl groups is 1. The van der Waals surface area contributed by atoms with Crippen molar-refractivity contribution in [2.45, 2.75) is 65.1 Å². The maximum Gasteiger partial charge on any atom is 0.251 e. The largest absolute Gasteiger partial charge is 0.497 e. The van der Waals surface area contributed by atoms with E-state index < -0.39 is 6.10 Å². The summed E-state index contributed by atoms with van der Waals surface area (Å²) in [6.07, 6.45) is 3.10. The first-order chi connectivity index (χ1) is 17.2. The molecule has 2 aliphatic carbocycles. The predicted octanol–water partition coefficient (Wildman–Crippen LogP) is 4.57. The van der Waals surface area contributed by atoms with Gasteiger partial charge in [-0.3, -0.25) is 9.59 Å². The van der Waals surface area contributed by atoms with Crippen molar-refractivity contribution in [2.75, 3.05) is 7.11 Å². The summed E-state index contributed by atoms with van der Waals surface area (Å²) in [4.78, 5) is 25.9. The van der Waals surface area contributed by atoms with E-state index in [2.05, 4.69) is 24.5 Å². The number of nitrogens with one attached hydrogen (secondary N) is 2. The molecule has 0 aliphatic heterocycles. The monoisotopic (exact) mass is 492 g/mol. The average molecular weight is 493 g/mol. The highest BCUT2D eigenvalue weighted by Crippen LogP contribution is 2.55. The zero-order valence-corrected chi connectivity index (χ0v) is 21.9. The fraction of sp³-hybridized carbons (Fsp3) is 0.533. The van der Waals surface area contributed by atoms with Gasteiger partial charge in [-0.1, -0.05) is 51.1 Å². The maximum absolute atomic E-state index is 13.1. The van der Waals surface area contributed by atoms with E-state index in [0.717, 1.165) is 37.0 Å². The number of aliphatic hydroxyl groups excluding tert-OH is 1. The van der Waals surface area contributed by atoms with Gasteiger partial charge < -0.3 is 20.5 Å². The molecule has 0 heterocycles. The molecule has 0 spiro atoms. The van der Waals surface area contributed by atoms with Crippen LogP contribution in [0.25, 0.3) is 0 Å². The van der Waals surface area contributed by atoms with Crippen LogP contribution < -0.4 is 15.4 Å². The molecule has 0 bridgehead atoms. The van der Waals surface area contributed by atoms with Crippen molar-refractivity contribution >= 4 is 11.8 Å². The first-order valence-corrected chi connectivity index (χ1v) is 13.2. The summed E-state index contributed by atoms with van der Waals surface area (Å²) in [5, 5.41) is 17.9. The second-order valence-corrected chi connectivity index (χ2v) is 11.1. The number of rotatable bonds is 7. The second kappa shape index (κ2) is 11.0. The van der Waals surface area contributed by atoms with Crippen molar-refractivity contribution < 1.29 is 19.4 Å². The molecule has 6 nitrogen and oxygen atoms in total. The molecular formula is C30H40N2O4. The van der Waals surface area contributed by atoms with E-state index in [0.29, 0.717) is 12.1 Å². The normalized spacial score (nSPS) is 30.5. The minimum absolute atomic E-state index is 0.00314. The summed E-state index contributed by atoms with van der Waals surface area (Å²) in [7, 11) is 1.63. The highest BCUT2D eigenvalue weighted by molar-refractivity contribution is 5.94. The van der Waals surface area contributed by atoms with Crippen molar-refractivity contribution in [1.29, 1.82) is 0 Å². The predicted molar refractivity (Wildman–Crippen MR) is 140 cm³/mol. The van der Waals surface area contributed by atoms with E-state index in [1.54, 1.807) is 7.11 Å². The lowest BCUT2D eigenvalue weighted by Gasteiger charge is -2.56. The van der Waals surface area contributed by atoms with Crippen LogP contribution in [0.15, 0.2) is 54.6 Å². The van der Waals surface area contributed by atoms with Crippen LogP contribution in [0.2, 0.25) is 0 Å². The molecule has 1 unspecified atom stereocenters. The van der Waals surface area contributed by atoms with Gasteiger partial charge in [0, 0.05) is 24.1 Å². The van der Waals surface area contributed by atoms with Gasteiger partial charge in [-0.25, -0.2) is 0 Å². The van der Waals surface area contributed by atoms with Crippen LogP contribution in [0.5, 0.6) is 5.75 Å². The van der Waals surface area contributed by atoms with Crippen molar-refractivity contribution in [3.63, 3.8) is 0 Å². The number of hydrogen-bond acceptors (Lipinski definition) is 4. The molecule has 0 saturated heterocycles. The molecule has 36 heavy (non-hydrogen) atoms. The molecule has 3 N–H and O–H groups in total. The SMILES string of the molecule is COc1ccc(CNC(=O)[C@@H](C)C2CC[C@@]3(C)CC[C@H](NC(=O)c4ccccc4)[C@@H](C)[C@@H]3[C@H]2O)cc1. The molecule has 194 valence electrons. The smallest absolute Gasteiger partial charge is 0.251 e. The fourth-order valence-electron chi connectivity index (χ4n) is 6.63. The lowest BCUT2D eigenvalue weighted by Crippen LogP contribution is -2.58. The van der Waals surface area contributed by atoms with Gasteiger partial charge in [0.1, 0.15) is 5.75 Å². The van der Waals surface area contributed by atoms with Crippen molar-refractivity contribution in [1.82, 2.24) is 10.6 Å². The molecular weight excluding hydrogens is 452 g/mol. The highest BCUT2D eigenvalue weighted by atomic mass is 16.5. The molecule has 4 rings (SSSR count). The zero-order chi connectivity index (χ0) is 25.9. The van der Waals surface area contributed by atoms with Gasteiger partial charge in [-0.05, 0) is 78.7 Å². The van der Waals surface area contributed by atoms with Crippen LogP contribution in [0, 0.1) is 29.1 Å². The van der Waals surface area contributed by atoms with Crippen LogP contribution in [-0.2, 0) is 11.3 Å². The topological polar surface area (TPSA) is 87.7 Å². The molecule has 2 saturated carbocycles. The van der Waals surface area contributed by atoms with Gasteiger partial charge in [-0.15, -0.1) is 0 Å². The van der Waals surface area contributed by atoms with Crippen molar-refractivity contribution in [3.8, 4) is 5.75 Å². The Balaban J connectivity index is 1.40. The lowest BCUT2D eigenvalue weighted by molar-refractivity contribution is -0.142. The molecule has 2 fully saturated rings. The number of carbonyl (C=O) groups is 2. The van der Waals surface area contributed by atoms with E-state index in [1.807, 2.05) is 61.5 Å². The van der Waals surface area contributed by atoms with Gasteiger partial charge in [0.15, 0.2) is 0 Å². The van der Waals surface area contributed by atoms with Crippen molar-refractivity contribution in [3.05, 3.63) is 65.7 Å². The third-order valence-corrected chi connectivity index (χ3v) is 8.92. The van der Waals surface area contributed by atoms with Crippen LogP contribution >= 0.6 is 0 Å². The summed E-state index contributed by atoms with van der Waals surface area (Å²) in [6.45, 7) is 6.80. The number of benzene rings is 2. The number of methoxy groups -OCH3 is 1. The molecule has 0 aromatic heterocycles. The van der Waals surface area contributed by atoms with Crippen molar-refractivity contribution in [2.24, 2.45) is 29.1 Å². The summed E-state index contributed by atoms with van der Waals surface area (Å²) < 4.78 is 5.20. The lowest BCUT2D eigenvalue weighted by atomic mass is 9.51. The van der Waals surface area contributed by atoms with Crippen LogP contribution in [0.3, 0.4) is 0 Å². The first-order valence-electron chi connectivity index (χ1n) is 13.2. The molecule has 2 aromatic carbocycles. The number of amides is 2. The molecule has 2 aliphatic rings. The Bertz CT molecular complexity index is 1040. The van der Waals surface area contributed by atoms with Gasteiger partial charge in [0.25, 0.3) is 5.91 Å². The Kier molecular flexibility index (Phi) is 8.04. The maximum atomic E-state index is 13.1. The Hall–Kier alpha value is -2.86. The van der Waals surface area contributed by atoms with E-state index in [1.165, 1.54) is 0 Å². The number of fused-ring (bicyclic) bond motifs is 1. The van der Waals surface area contributed by atoms with Gasteiger partial charge in [0.2, 0.25) is 5.91 Å². The molecule has 7 atom stereocenters. The second-order valence-electron chi connectivity index (χ2n) is 11.1. The van der Waals surface area contributed by atoms with Gasteiger partial charge in [0.05, 0.1) is 13.2 Å². The summed E-state index contributed by atoms with van der Waals surface area (Å²) in [5.74, 6) is 0.428. The van der Waals surface area contributed by atoms with E-state index >= 15 is 0 Å². The highest BCUT2D eigenvalue weighted by Gasteiger charge is 2.53. The molecule has 2 aromatic rings. The standard InChI is InChI=1S/C30H40N2O4/c1-19(28(34)31-18-21-10-12-23(36-4)13-11-21)24-14-16-30(3)17-15-25(20(2)26(30)27(24)33)32-29(35)22-8-6-5-7-9-22/h5-13,19-20,24-27,33H,14-18H2,1-4H3,(H,31,34)(H,32,35)/t19-,20+,24?,25-,26+,27-,30-/m0/s1. The first kappa shape index (κ1) is 26.2. The number of hydrogen-bond donors (Lipinski definition) is 3. The summed E-state index contributed by atoms with van der Waals surface area (Å²) in [6, 6.07) is 16.9. The van der Waals surface area contributed by atoms with E-state index in [9.17, 15) is 14.7 Å². The van der Waals surface area contributed by atoms with Crippen LogP contribution in [0.1, 0.15) is 62.4 Å². The summed E-state index contributed by atoms with van der Waals surface area (Å²) >= 11 is 0. The molecule has 0 radical (unpaired) electrons. The number of carbonyl (C=O) groups excluding carboxylic acids is 2. The third-order valence-electron chi connectivity index (χ3n) is 8.92. The minimum atomic E-state index is -0.586. The Morgan fingerprint density at radius 1 is 1.08 bits per heavy atom. The Morgan fingerprint density at radius 2 is 1.75 bits per heavy atom. The van der Waals surface area contributed by atoms with Crippen LogP contribution in [-0.4, -0.2) is 36.2 Å². The van der Waals surface area contributed by atoms with E-state index in [4.69, 9.17) is 4.74 Å². The van der Waals surface area contributed by atoms with E-state index in [-0.39, 0.29) is 46.9 Å². The quantitative estimate of drug-likeness (QED) is 0.528. The average Bonchev–Trinajstić information content (AvgIpc) is 2.89. The molecule has 6 heteroatoms. The Labute approximate surface area is 214 Å². The minimum Gasteiger partial charge on any atom is -0.497 e. The third kappa shape index (κ3) is 5.44.